The normalized spacial score (nSPS) is 15.4. The van der Waals surface area contributed by atoms with Crippen LogP contribution < -0.4 is 5.56 Å². The van der Waals surface area contributed by atoms with E-state index in [0.29, 0.717) is 51.9 Å². The van der Waals surface area contributed by atoms with Gasteiger partial charge in [0.2, 0.25) is 5.66 Å². The first-order chi connectivity index (χ1) is 18.7. The van der Waals surface area contributed by atoms with Crippen LogP contribution >= 0.6 is 34.4 Å². The minimum absolute atomic E-state index is 0.00735. The van der Waals surface area contributed by atoms with Crippen molar-refractivity contribution in [3.8, 4) is 0 Å². The van der Waals surface area contributed by atoms with E-state index in [1.807, 2.05) is 54.5 Å². The summed E-state index contributed by atoms with van der Waals surface area (Å²) in [6, 6.07) is 11.1. The van der Waals surface area contributed by atoms with Crippen LogP contribution in [0.25, 0.3) is 10.2 Å². The third kappa shape index (κ3) is 4.90. The van der Waals surface area contributed by atoms with E-state index in [2.05, 4.69) is 16.8 Å². The van der Waals surface area contributed by atoms with Crippen LogP contribution in [0.1, 0.15) is 49.9 Å². The third-order valence-electron chi connectivity index (χ3n) is 6.83. The van der Waals surface area contributed by atoms with Crippen LogP contribution in [0.5, 0.6) is 0 Å². The van der Waals surface area contributed by atoms with Gasteiger partial charge in [-0.05, 0) is 49.4 Å². The van der Waals surface area contributed by atoms with Crippen LogP contribution in [0, 0.1) is 0 Å². The molecule has 0 unspecified atom stereocenters. The molecule has 2 aliphatic heterocycles. The number of amides is 1. The minimum Gasteiger partial charge on any atom is -0.333 e. The Labute approximate surface area is 237 Å². The number of allylic oxidation sites excluding steroid dienone is 1. The Kier molecular flexibility index (Phi) is 6.60. The zero-order valence-electron chi connectivity index (χ0n) is 21.5. The molecule has 0 atom stereocenters. The van der Waals surface area contributed by atoms with Crippen molar-refractivity contribution < 1.29 is 9.59 Å². The first-order valence-corrected chi connectivity index (χ1v) is 15.1. The van der Waals surface area contributed by atoms with Crippen molar-refractivity contribution in [1.29, 1.82) is 0 Å². The number of nitrogens with zero attached hydrogens (tertiary/aromatic N) is 5. The molecule has 0 aliphatic carbocycles. The summed E-state index contributed by atoms with van der Waals surface area (Å²) in [4.78, 5) is 48.8. The molecule has 198 valence electrons. The van der Waals surface area contributed by atoms with Gasteiger partial charge in [0.15, 0.2) is 10.9 Å². The van der Waals surface area contributed by atoms with Crippen molar-refractivity contribution in [3.05, 3.63) is 90.7 Å². The maximum absolute atomic E-state index is 13.8. The molecule has 0 saturated carbocycles. The van der Waals surface area contributed by atoms with E-state index in [-0.39, 0.29) is 23.0 Å². The Bertz CT molecular complexity index is 1730. The molecule has 4 aromatic rings. The van der Waals surface area contributed by atoms with Crippen molar-refractivity contribution in [1.82, 2.24) is 14.5 Å². The molecule has 5 heterocycles. The number of hydrogen-bond acceptors (Lipinski definition) is 9. The first kappa shape index (κ1) is 25.8. The Morgan fingerprint density at radius 3 is 2.74 bits per heavy atom. The molecule has 0 bridgehead atoms. The van der Waals surface area contributed by atoms with Crippen molar-refractivity contribution in [3.63, 3.8) is 0 Å². The van der Waals surface area contributed by atoms with E-state index in [0.717, 1.165) is 21.6 Å². The summed E-state index contributed by atoms with van der Waals surface area (Å²) in [6.07, 6.45) is 0.580. The second-order valence-electron chi connectivity index (χ2n) is 9.89. The summed E-state index contributed by atoms with van der Waals surface area (Å²) in [7, 11) is 0. The molecule has 0 radical (unpaired) electrons. The van der Waals surface area contributed by atoms with Gasteiger partial charge in [-0.15, -0.1) is 22.7 Å². The molecule has 2 aliphatic rings. The van der Waals surface area contributed by atoms with Crippen molar-refractivity contribution in [2.24, 2.45) is 10.2 Å². The maximum atomic E-state index is 13.8. The van der Waals surface area contributed by atoms with Gasteiger partial charge < -0.3 is 4.90 Å². The van der Waals surface area contributed by atoms with Crippen molar-refractivity contribution >= 4 is 56.3 Å². The second-order valence-corrected chi connectivity index (χ2v) is 12.9. The van der Waals surface area contributed by atoms with Gasteiger partial charge in [-0.25, -0.2) is 4.98 Å². The number of rotatable bonds is 8. The molecule has 39 heavy (non-hydrogen) atoms. The highest BCUT2D eigenvalue weighted by Crippen LogP contribution is 2.39. The summed E-state index contributed by atoms with van der Waals surface area (Å²) in [5.41, 5.74) is 2.63. The SMILES string of the molecule is C=C(C)Cn1c(SCC(=O)c2cccs2)nc2sc3c(c2c1=O)CCN(C(=O)c1cccc(C2(C)N=N2)c1)C3. The van der Waals surface area contributed by atoms with E-state index in [9.17, 15) is 14.4 Å². The molecular formula is C28H25N5O3S3. The highest BCUT2D eigenvalue weighted by atomic mass is 32.2. The summed E-state index contributed by atoms with van der Waals surface area (Å²) < 4.78 is 1.63. The summed E-state index contributed by atoms with van der Waals surface area (Å²) in [5, 5.41) is 11.2. The predicted molar refractivity (Wildman–Crippen MR) is 155 cm³/mol. The smallest absolute Gasteiger partial charge is 0.263 e. The molecule has 11 heteroatoms. The number of carbonyl (C=O) groups excluding carboxylic acids is 2. The van der Waals surface area contributed by atoms with E-state index in [1.165, 1.54) is 34.4 Å². The fourth-order valence-corrected chi connectivity index (χ4v) is 7.62. The van der Waals surface area contributed by atoms with E-state index in [1.54, 1.807) is 10.6 Å². The maximum Gasteiger partial charge on any atom is 0.263 e. The van der Waals surface area contributed by atoms with Gasteiger partial charge in [-0.2, -0.15) is 10.2 Å². The second kappa shape index (κ2) is 9.96. The lowest BCUT2D eigenvalue weighted by molar-refractivity contribution is 0.0737. The Hall–Kier alpha value is -3.41. The predicted octanol–water partition coefficient (Wildman–Crippen LogP) is 5.91. The number of hydrogen-bond donors (Lipinski definition) is 0. The number of benzene rings is 1. The lowest BCUT2D eigenvalue weighted by atomic mass is 10.0. The van der Waals surface area contributed by atoms with Gasteiger partial charge in [0.1, 0.15) is 4.83 Å². The number of fused-ring (bicyclic) bond motifs is 3. The zero-order valence-corrected chi connectivity index (χ0v) is 23.9. The number of ketones is 1. The van der Waals surface area contributed by atoms with Crippen LogP contribution in [0.4, 0.5) is 0 Å². The molecule has 0 saturated heterocycles. The van der Waals surface area contributed by atoms with Crippen LogP contribution in [0.3, 0.4) is 0 Å². The van der Waals surface area contributed by atoms with Gasteiger partial charge in [0.25, 0.3) is 11.5 Å². The molecule has 0 fully saturated rings. The topological polar surface area (TPSA) is 97.0 Å². The number of Topliss-reactive ketones (excluding diaryl/α,β-unsaturated/α-hetero) is 1. The molecule has 0 N–H and O–H groups in total. The van der Waals surface area contributed by atoms with Gasteiger partial charge in [-0.1, -0.05) is 42.1 Å². The quantitative estimate of drug-likeness (QED) is 0.113. The molecular weight excluding hydrogens is 551 g/mol. The van der Waals surface area contributed by atoms with Crippen LogP contribution in [-0.2, 0) is 25.2 Å². The Morgan fingerprint density at radius 1 is 1.21 bits per heavy atom. The molecule has 6 rings (SSSR count). The fourth-order valence-electron chi connectivity index (χ4n) is 4.71. The fraction of sp³-hybridized carbons (Fsp3) is 0.286. The van der Waals surface area contributed by atoms with E-state index in [4.69, 9.17) is 4.98 Å². The zero-order chi connectivity index (χ0) is 27.3. The van der Waals surface area contributed by atoms with Crippen LogP contribution in [0.2, 0.25) is 0 Å². The summed E-state index contributed by atoms with van der Waals surface area (Å²) in [5.74, 6) is 0.147. The van der Waals surface area contributed by atoms with Crippen LogP contribution in [-0.4, -0.2) is 38.4 Å². The summed E-state index contributed by atoms with van der Waals surface area (Å²) >= 11 is 4.14. The van der Waals surface area contributed by atoms with Crippen LogP contribution in [0.15, 0.2) is 74.1 Å². The Morgan fingerprint density at radius 2 is 2.03 bits per heavy atom. The van der Waals surface area contributed by atoms with Gasteiger partial charge in [0, 0.05) is 29.1 Å². The standard InChI is InChI=1S/C28H25N5O3S3/c1-16(2)13-33-26(36)23-19-9-10-32(25(35)17-6-4-7-18(12-17)28(3)30-31-28)14-22(19)39-24(23)29-27(33)38-15-20(34)21-8-5-11-37-21/h4-8,11-12H,1,9-10,13-15H2,2-3H3. The number of thiophene rings is 2. The lowest BCUT2D eigenvalue weighted by Gasteiger charge is -2.27. The van der Waals surface area contributed by atoms with Crippen molar-refractivity contribution in [2.45, 2.75) is 44.2 Å². The molecule has 1 aromatic carbocycles. The number of aromatic nitrogens is 2. The average Bonchev–Trinajstić information content (AvgIpc) is 3.30. The van der Waals surface area contributed by atoms with Gasteiger partial charge >= 0.3 is 0 Å². The Balaban J connectivity index is 1.30. The number of carbonyl (C=O) groups is 2. The molecule has 8 nitrogen and oxygen atoms in total. The molecule has 3 aromatic heterocycles. The van der Waals surface area contributed by atoms with E-state index >= 15 is 0 Å². The molecule has 0 spiro atoms. The highest BCUT2D eigenvalue weighted by molar-refractivity contribution is 7.99. The summed E-state index contributed by atoms with van der Waals surface area (Å²) in [6.45, 7) is 9.05. The minimum atomic E-state index is -0.545. The largest absolute Gasteiger partial charge is 0.333 e. The number of thioether (sulfide) groups is 1. The van der Waals surface area contributed by atoms with E-state index < -0.39 is 5.66 Å². The average molecular weight is 576 g/mol. The lowest BCUT2D eigenvalue weighted by Crippen LogP contribution is -2.35. The highest BCUT2D eigenvalue weighted by Gasteiger charge is 2.37. The first-order valence-electron chi connectivity index (χ1n) is 12.5. The van der Waals surface area contributed by atoms with Gasteiger partial charge in [0.05, 0.1) is 22.6 Å². The third-order valence-corrected chi connectivity index (χ3v) is 9.82. The molecule has 1 amide bonds. The van der Waals surface area contributed by atoms with Crippen molar-refractivity contribution in [2.75, 3.05) is 12.3 Å². The monoisotopic (exact) mass is 575 g/mol. The van der Waals surface area contributed by atoms with Gasteiger partial charge in [-0.3, -0.25) is 19.0 Å².